The Morgan fingerprint density at radius 3 is 0.604 bits per heavy atom. The quantitative estimate of drug-likeness (QED) is 0.0435. The first-order valence-electron chi connectivity index (χ1n) is 34.1. The second kappa shape index (κ2) is 33.2. The second-order valence-corrected chi connectivity index (χ2v) is 31.7. The van der Waals surface area contributed by atoms with E-state index in [1.807, 2.05) is 24.3 Å². The molecule has 1 aliphatic rings. The summed E-state index contributed by atoms with van der Waals surface area (Å²) in [5, 5.41) is 14.2. The smallest absolute Gasteiger partial charge is 0.138 e. The van der Waals surface area contributed by atoms with Gasteiger partial charge in [-0.15, -0.1) is 0 Å². The van der Waals surface area contributed by atoms with E-state index >= 15 is 0 Å². The molecule has 0 amide bonds. The van der Waals surface area contributed by atoms with Crippen molar-refractivity contribution >= 4 is 68.8 Å². The molecule has 96 heavy (non-hydrogen) atoms. The molecule has 1 aliphatic carbocycles. The summed E-state index contributed by atoms with van der Waals surface area (Å²) < 4.78 is 29.3. The van der Waals surface area contributed by atoms with Crippen LogP contribution in [0.15, 0.2) is 170 Å². The molecule has 0 saturated carbocycles. The van der Waals surface area contributed by atoms with Gasteiger partial charge in [0.05, 0.1) is 0 Å². The number of benzene rings is 8. The fourth-order valence-corrected chi connectivity index (χ4v) is 12.7. The number of hydrogen-bond donors (Lipinski definition) is 4. The summed E-state index contributed by atoms with van der Waals surface area (Å²) in [6.45, 7) is 30.9. The third kappa shape index (κ3) is 21.3. The fourth-order valence-electron chi connectivity index (χ4n) is 12.1. The van der Waals surface area contributed by atoms with Gasteiger partial charge in [0.1, 0.15) is 69.4 Å². The molecule has 8 bridgehead atoms. The number of thiocarbonyl (C=S) groups is 4. The Balaban J connectivity index is 1.25. The lowest BCUT2D eigenvalue weighted by molar-refractivity contribution is 0.357. The van der Waals surface area contributed by atoms with Crippen LogP contribution in [0.25, 0.3) is 0 Å². The standard InChI is InChI=1S/C84H100N4O4S4/c1-81(2,3)69-45-61-41-63-47-70(82(4,5)6)49-65(78(63)90-54-74(94)86-38-34-58-27-19-14-20-28-58)43-67-51-72(84(10,11)12)52-68(80(67)92-56-76(96)88-40-36-60-31-23-16-24-32-60)44-66-50-71(83(7,8)9)48-64(79(66)91-55-75(95)87-39-35-59-29-21-15-22-30-59)42-62(46-69)77(61)89-53-73(93)85-37-33-57-25-17-13-18-26-57/h13-32,45-52H,33-44,53-56H2,1-12H3,(H,85,93)(H,86,94)(H,87,95)(H,88,96). The van der Waals surface area contributed by atoms with Crippen molar-refractivity contribution in [3.63, 3.8) is 0 Å². The first-order chi connectivity index (χ1) is 45.7. The zero-order valence-corrected chi connectivity index (χ0v) is 62.0. The maximum absolute atomic E-state index is 7.33. The van der Waals surface area contributed by atoms with Crippen LogP contribution in [0.4, 0.5) is 0 Å². The van der Waals surface area contributed by atoms with Crippen LogP contribution in [0.5, 0.6) is 23.0 Å². The van der Waals surface area contributed by atoms with Gasteiger partial charge in [-0.1, -0.05) is 302 Å². The highest BCUT2D eigenvalue weighted by molar-refractivity contribution is 7.81. The van der Waals surface area contributed by atoms with Crippen molar-refractivity contribution in [3.05, 3.63) is 259 Å². The van der Waals surface area contributed by atoms with Gasteiger partial charge in [-0.3, -0.25) is 0 Å². The molecule has 0 aromatic heterocycles. The predicted octanol–water partition coefficient (Wildman–Crippen LogP) is 17.7. The van der Waals surface area contributed by atoms with Crippen LogP contribution in [0, 0.1) is 0 Å². The van der Waals surface area contributed by atoms with Crippen LogP contribution in [-0.2, 0) is 73.0 Å². The van der Waals surface area contributed by atoms with Gasteiger partial charge in [-0.25, -0.2) is 0 Å². The van der Waals surface area contributed by atoms with Gasteiger partial charge >= 0.3 is 0 Å². The highest BCUT2D eigenvalue weighted by Crippen LogP contribution is 2.45. The van der Waals surface area contributed by atoms with Crippen molar-refractivity contribution in [2.75, 3.05) is 52.6 Å². The van der Waals surface area contributed by atoms with Gasteiger partial charge in [-0.05, 0) is 136 Å². The topological polar surface area (TPSA) is 85.0 Å². The number of rotatable bonds is 24. The normalized spacial score (nSPS) is 12.5. The summed E-state index contributed by atoms with van der Waals surface area (Å²) in [6, 6.07) is 60.8. The number of nitrogens with one attached hydrogen (secondary N) is 4. The molecular weight excluding hydrogens is 1260 g/mol. The summed E-state index contributed by atoms with van der Waals surface area (Å²) >= 11 is 24.7. The molecule has 0 heterocycles. The van der Waals surface area contributed by atoms with Crippen molar-refractivity contribution < 1.29 is 18.9 Å². The van der Waals surface area contributed by atoms with Crippen molar-refractivity contribution in [3.8, 4) is 23.0 Å². The Labute approximate surface area is 595 Å². The van der Waals surface area contributed by atoms with E-state index in [4.69, 9.17) is 67.8 Å². The van der Waals surface area contributed by atoms with Gasteiger partial charge < -0.3 is 40.2 Å². The number of hydrogen-bond acceptors (Lipinski definition) is 8. The van der Waals surface area contributed by atoms with Crippen molar-refractivity contribution in [1.29, 1.82) is 0 Å². The zero-order chi connectivity index (χ0) is 68.6. The molecule has 12 heteroatoms. The summed E-state index contributed by atoms with van der Waals surface area (Å²) in [5.41, 5.74) is 16.8. The van der Waals surface area contributed by atoms with E-state index in [1.165, 1.54) is 44.5 Å². The molecule has 0 saturated heterocycles. The largest absolute Gasteiger partial charge is 0.486 e. The minimum atomic E-state index is -0.258. The predicted molar refractivity (Wildman–Crippen MR) is 417 cm³/mol. The van der Waals surface area contributed by atoms with Crippen molar-refractivity contribution in [1.82, 2.24) is 21.3 Å². The number of ether oxygens (including phenoxy) is 4. The van der Waals surface area contributed by atoms with E-state index in [-0.39, 0.29) is 48.1 Å². The Bertz CT molecular complexity index is 3350. The van der Waals surface area contributed by atoms with E-state index < -0.39 is 0 Å². The van der Waals surface area contributed by atoms with Gasteiger partial charge in [0.25, 0.3) is 0 Å². The van der Waals surface area contributed by atoms with E-state index in [2.05, 4.69) is 250 Å². The van der Waals surface area contributed by atoms with E-state index in [0.29, 0.717) is 71.8 Å². The van der Waals surface area contributed by atoms with Crippen LogP contribution in [-0.4, -0.2) is 72.6 Å². The van der Waals surface area contributed by atoms with Crippen LogP contribution in [0.2, 0.25) is 0 Å². The Morgan fingerprint density at radius 1 is 0.281 bits per heavy atom. The molecule has 0 atom stereocenters. The Kier molecular flexibility index (Phi) is 25.2. The lowest BCUT2D eigenvalue weighted by Crippen LogP contribution is -2.30. The van der Waals surface area contributed by atoms with Crippen LogP contribution < -0.4 is 40.2 Å². The molecule has 8 aromatic carbocycles. The molecule has 4 N–H and O–H groups in total. The van der Waals surface area contributed by atoms with E-state index in [9.17, 15) is 0 Å². The Morgan fingerprint density at radius 2 is 0.448 bits per heavy atom. The molecule has 0 spiro atoms. The molecule has 0 aliphatic heterocycles. The first-order valence-corrected chi connectivity index (χ1v) is 35.8. The SMILES string of the molecule is CC(C)(C)c1cc2c(OCC(=S)NCCc3ccccc3)c(c1)Cc1cc(C(C)(C)C)cc(c1OCC(=S)NCCc1ccccc1)Cc1cc(C(C)(C)C)cc(c1OCC(=S)NCCc1ccccc1)Cc1cc(C(C)(C)C)cc(c1OCC(=S)NCCc1ccccc1)C2. The maximum atomic E-state index is 7.33. The summed E-state index contributed by atoms with van der Waals surface area (Å²) in [4.78, 5) is 2.52. The highest BCUT2D eigenvalue weighted by Gasteiger charge is 2.30. The molecule has 8 aromatic rings. The van der Waals surface area contributed by atoms with Crippen LogP contribution >= 0.6 is 48.9 Å². The number of fused-ring (bicyclic) bond motifs is 8. The zero-order valence-electron chi connectivity index (χ0n) is 58.7. The third-order valence-electron chi connectivity index (χ3n) is 17.7. The maximum Gasteiger partial charge on any atom is 0.138 e. The lowest BCUT2D eigenvalue weighted by Gasteiger charge is -2.29. The van der Waals surface area contributed by atoms with Crippen LogP contribution in [0.1, 0.15) is 172 Å². The molecule has 9 rings (SSSR count). The summed E-state index contributed by atoms with van der Waals surface area (Å²) in [7, 11) is 0. The first kappa shape index (κ1) is 72.8. The molecule has 8 nitrogen and oxygen atoms in total. The van der Waals surface area contributed by atoms with Gasteiger partial charge in [-0.2, -0.15) is 0 Å². The summed E-state index contributed by atoms with van der Waals surface area (Å²) in [5.74, 6) is 3.13. The molecule has 0 radical (unpaired) electrons. The van der Waals surface area contributed by atoms with Gasteiger partial charge in [0.15, 0.2) is 0 Å². The monoisotopic (exact) mass is 1360 g/mol. The highest BCUT2D eigenvalue weighted by atomic mass is 32.1. The lowest BCUT2D eigenvalue weighted by atomic mass is 9.79. The molecule has 0 unspecified atom stereocenters. The van der Waals surface area contributed by atoms with Gasteiger partial charge in [0, 0.05) is 51.9 Å². The second-order valence-electron chi connectivity index (χ2n) is 29.7. The average Bonchev–Trinajstić information content (AvgIpc) is 0.766. The van der Waals surface area contributed by atoms with E-state index in [1.54, 1.807) is 0 Å². The van der Waals surface area contributed by atoms with Crippen molar-refractivity contribution in [2.24, 2.45) is 0 Å². The third-order valence-corrected chi connectivity index (χ3v) is 18.7. The van der Waals surface area contributed by atoms with Gasteiger partial charge in [0.2, 0.25) is 0 Å². The molecule has 0 fully saturated rings. The fraction of sp³-hybridized carbons (Fsp3) is 0.381. The summed E-state index contributed by atoms with van der Waals surface area (Å²) in [6.07, 6.45) is 5.20. The molecule has 504 valence electrons. The van der Waals surface area contributed by atoms with Crippen LogP contribution in [0.3, 0.4) is 0 Å². The van der Waals surface area contributed by atoms with E-state index in [0.717, 1.165) is 93.2 Å². The Hall–Kier alpha value is -7.48. The minimum Gasteiger partial charge on any atom is -0.486 e. The minimum absolute atomic E-state index is 0.178. The average molecular weight is 1360 g/mol. The van der Waals surface area contributed by atoms with Crippen molar-refractivity contribution in [2.45, 2.75) is 156 Å². The molecular formula is C84H100N4O4S4.